The average Bonchev–Trinajstić information content (AvgIpc) is 2.53. The monoisotopic (exact) mass is 346 g/mol. The van der Waals surface area contributed by atoms with E-state index in [9.17, 15) is 13.2 Å². The first-order valence-electron chi connectivity index (χ1n) is 7.47. The maximum atomic E-state index is 12.3. The zero-order valence-corrected chi connectivity index (χ0v) is 14.3. The van der Waals surface area contributed by atoms with Gasteiger partial charge in [0, 0.05) is 11.3 Å². The number of carbonyl (C=O) groups is 1. The topological polar surface area (TPSA) is 75.7 Å². The summed E-state index contributed by atoms with van der Waals surface area (Å²) >= 11 is 0. The molecular weight excluding hydrogens is 328 g/mol. The van der Waals surface area contributed by atoms with Crippen molar-refractivity contribution in [1.29, 1.82) is 0 Å². The van der Waals surface area contributed by atoms with Gasteiger partial charge in [-0.25, -0.2) is 8.42 Å². The molecule has 0 aliphatic carbocycles. The Morgan fingerprint density at radius 2 is 2.00 bits per heavy atom. The third-order valence-corrected chi connectivity index (χ3v) is 4.90. The van der Waals surface area contributed by atoms with E-state index in [-0.39, 0.29) is 12.5 Å². The Morgan fingerprint density at radius 3 is 2.71 bits per heavy atom. The van der Waals surface area contributed by atoms with Crippen LogP contribution in [0.4, 0.5) is 11.4 Å². The quantitative estimate of drug-likeness (QED) is 0.926. The molecule has 0 unspecified atom stereocenters. The van der Waals surface area contributed by atoms with Crippen molar-refractivity contribution in [2.24, 2.45) is 0 Å². The molecule has 0 atom stereocenters. The number of nitrogens with one attached hydrogen (secondary N) is 1. The minimum absolute atomic E-state index is 0.249. The lowest BCUT2D eigenvalue weighted by Crippen LogP contribution is -2.37. The number of hydrogen-bond acceptors (Lipinski definition) is 4. The van der Waals surface area contributed by atoms with Gasteiger partial charge < -0.3 is 10.1 Å². The van der Waals surface area contributed by atoms with Crippen molar-refractivity contribution in [2.45, 2.75) is 6.92 Å². The van der Waals surface area contributed by atoms with Gasteiger partial charge in [0.15, 0.2) is 0 Å². The number of amides is 1. The van der Waals surface area contributed by atoms with Crippen LogP contribution in [-0.4, -0.2) is 33.7 Å². The van der Waals surface area contributed by atoms with E-state index in [1.165, 1.54) is 4.31 Å². The highest BCUT2D eigenvalue weighted by Gasteiger charge is 2.25. The van der Waals surface area contributed by atoms with E-state index in [4.69, 9.17) is 4.74 Å². The molecule has 0 radical (unpaired) electrons. The van der Waals surface area contributed by atoms with Crippen LogP contribution < -0.4 is 14.4 Å². The minimum Gasteiger partial charge on any atom is -0.489 e. The molecule has 24 heavy (non-hydrogen) atoms. The number of ether oxygens (including phenoxy) is 1. The van der Waals surface area contributed by atoms with Crippen molar-refractivity contribution >= 4 is 27.3 Å². The minimum atomic E-state index is -3.40. The van der Waals surface area contributed by atoms with Crippen molar-refractivity contribution < 1.29 is 17.9 Å². The Labute approximate surface area is 141 Å². The molecule has 1 aliphatic heterocycles. The molecule has 3 rings (SSSR count). The van der Waals surface area contributed by atoms with E-state index >= 15 is 0 Å². The van der Waals surface area contributed by atoms with Crippen molar-refractivity contribution in [3.05, 3.63) is 53.6 Å². The number of rotatable bonds is 3. The van der Waals surface area contributed by atoms with E-state index in [1.54, 1.807) is 30.3 Å². The summed E-state index contributed by atoms with van der Waals surface area (Å²) in [5.74, 6) is 0.238. The predicted octanol–water partition coefficient (Wildman–Crippen LogP) is 2.41. The molecule has 1 aliphatic rings. The first-order valence-corrected chi connectivity index (χ1v) is 9.32. The number of aryl methyl sites for hydroxylation is 1. The summed E-state index contributed by atoms with van der Waals surface area (Å²) in [6, 6.07) is 12.2. The van der Waals surface area contributed by atoms with Crippen molar-refractivity contribution in [2.75, 3.05) is 29.0 Å². The molecule has 0 saturated heterocycles. The largest absolute Gasteiger partial charge is 0.489 e. The molecule has 1 N–H and O–H groups in total. The fourth-order valence-electron chi connectivity index (χ4n) is 2.61. The molecule has 126 valence electrons. The van der Waals surface area contributed by atoms with Crippen LogP contribution in [0.5, 0.6) is 5.75 Å². The van der Waals surface area contributed by atoms with Gasteiger partial charge in [-0.05, 0) is 37.3 Å². The normalized spacial score (nSPS) is 13.8. The zero-order valence-electron chi connectivity index (χ0n) is 13.4. The van der Waals surface area contributed by atoms with Crippen LogP contribution >= 0.6 is 0 Å². The van der Waals surface area contributed by atoms with E-state index < -0.39 is 10.0 Å². The van der Waals surface area contributed by atoms with E-state index in [0.717, 1.165) is 11.8 Å². The maximum absolute atomic E-state index is 12.3. The lowest BCUT2D eigenvalue weighted by molar-refractivity contribution is 0.102. The highest BCUT2D eigenvalue weighted by Crippen LogP contribution is 2.35. The van der Waals surface area contributed by atoms with E-state index in [1.807, 2.05) is 19.1 Å². The third kappa shape index (κ3) is 3.35. The zero-order chi connectivity index (χ0) is 17.3. The lowest BCUT2D eigenvalue weighted by atomic mass is 10.1. The number of hydrogen-bond donors (Lipinski definition) is 1. The molecule has 0 saturated carbocycles. The summed E-state index contributed by atoms with van der Waals surface area (Å²) in [5.41, 5.74) is 2.49. The van der Waals surface area contributed by atoms with E-state index in [2.05, 4.69) is 5.32 Å². The number of fused-ring (bicyclic) bond motifs is 1. The number of benzene rings is 2. The molecule has 6 nitrogen and oxygen atoms in total. The first-order chi connectivity index (χ1) is 11.3. The van der Waals surface area contributed by atoms with Crippen LogP contribution in [0.25, 0.3) is 0 Å². The molecule has 2 aromatic rings. The van der Waals surface area contributed by atoms with Gasteiger partial charge in [-0.2, -0.15) is 0 Å². The molecule has 0 spiro atoms. The Balaban J connectivity index is 1.89. The smallest absolute Gasteiger partial charge is 0.255 e. The maximum Gasteiger partial charge on any atom is 0.255 e. The molecule has 7 heteroatoms. The Bertz CT molecular complexity index is 893. The van der Waals surface area contributed by atoms with Crippen molar-refractivity contribution in [3.63, 3.8) is 0 Å². The van der Waals surface area contributed by atoms with Crippen LogP contribution in [0.1, 0.15) is 15.9 Å². The number of nitrogens with zero attached hydrogens (tertiary/aromatic N) is 1. The number of anilines is 2. The molecule has 0 aromatic heterocycles. The highest BCUT2D eigenvalue weighted by atomic mass is 32.2. The standard InChI is InChI=1S/C17H18N2O4S/c1-12-4-3-5-13(10-12)17(20)18-14-6-7-16-15(11-14)19(8-9-23-16)24(2,21)22/h3-7,10-11H,8-9H2,1-2H3,(H,18,20). The SMILES string of the molecule is Cc1cccc(C(=O)Nc2ccc3c(c2)N(S(C)(=O)=O)CCO3)c1. The van der Waals surface area contributed by atoms with Crippen LogP contribution in [0.15, 0.2) is 42.5 Å². The molecule has 1 heterocycles. The van der Waals surface area contributed by atoms with Crippen LogP contribution in [-0.2, 0) is 10.0 Å². The molecule has 0 fully saturated rings. The average molecular weight is 346 g/mol. The van der Waals surface area contributed by atoms with Crippen LogP contribution in [0.2, 0.25) is 0 Å². The lowest BCUT2D eigenvalue weighted by Gasteiger charge is -2.29. The summed E-state index contributed by atoms with van der Waals surface area (Å²) in [5, 5.41) is 2.79. The Morgan fingerprint density at radius 1 is 1.21 bits per heavy atom. The second-order valence-electron chi connectivity index (χ2n) is 5.69. The molecule has 2 aromatic carbocycles. The van der Waals surface area contributed by atoms with Gasteiger partial charge in [-0.15, -0.1) is 0 Å². The van der Waals surface area contributed by atoms with Gasteiger partial charge in [0.2, 0.25) is 10.0 Å². The first kappa shape index (κ1) is 16.3. The van der Waals surface area contributed by atoms with Gasteiger partial charge in [0.05, 0.1) is 18.5 Å². The van der Waals surface area contributed by atoms with Crippen molar-refractivity contribution in [3.8, 4) is 5.75 Å². The Hall–Kier alpha value is -2.54. The highest BCUT2D eigenvalue weighted by molar-refractivity contribution is 7.92. The number of sulfonamides is 1. The predicted molar refractivity (Wildman–Crippen MR) is 93.3 cm³/mol. The second-order valence-corrected chi connectivity index (χ2v) is 7.60. The fraction of sp³-hybridized carbons (Fsp3) is 0.235. The van der Waals surface area contributed by atoms with Crippen LogP contribution in [0, 0.1) is 6.92 Å². The number of carbonyl (C=O) groups excluding carboxylic acids is 1. The Kier molecular flexibility index (Phi) is 4.19. The summed E-state index contributed by atoms with van der Waals surface area (Å²) < 4.78 is 30.6. The third-order valence-electron chi connectivity index (χ3n) is 3.72. The van der Waals surface area contributed by atoms with Crippen LogP contribution in [0.3, 0.4) is 0 Å². The van der Waals surface area contributed by atoms with Gasteiger partial charge in [-0.3, -0.25) is 9.10 Å². The van der Waals surface area contributed by atoms with Crippen molar-refractivity contribution in [1.82, 2.24) is 0 Å². The van der Waals surface area contributed by atoms with E-state index in [0.29, 0.717) is 29.3 Å². The van der Waals surface area contributed by atoms with Gasteiger partial charge >= 0.3 is 0 Å². The van der Waals surface area contributed by atoms with Gasteiger partial charge in [0.1, 0.15) is 12.4 Å². The summed E-state index contributed by atoms with van der Waals surface area (Å²) in [4.78, 5) is 12.3. The fourth-order valence-corrected chi connectivity index (χ4v) is 3.51. The molecule has 1 amide bonds. The summed E-state index contributed by atoms with van der Waals surface area (Å²) in [7, 11) is -3.40. The molecule has 0 bridgehead atoms. The summed E-state index contributed by atoms with van der Waals surface area (Å²) in [6.45, 7) is 2.47. The van der Waals surface area contributed by atoms with Gasteiger partial charge in [0.25, 0.3) is 5.91 Å². The second kappa shape index (κ2) is 6.16. The van der Waals surface area contributed by atoms with Gasteiger partial charge in [-0.1, -0.05) is 17.7 Å². The molecular formula is C17H18N2O4S. The summed E-state index contributed by atoms with van der Waals surface area (Å²) in [6.07, 6.45) is 1.15.